The molecule has 1 aliphatic carbocycles. The van der Waals surface area contributed by atoms with Crippen molar-refractivity contribution in [2.45, 2.75) is 38.1 Å². The molecule has 1 N–H and O–H groups in total. The third-order valence-electron chi connectivity index (χ3n) is 5.94. The van der Waals surface area contributed by atoms with E-state index in [1.165, 1.54) is 19.3 Å². The Morgan fingerprint density at radius 1 is 0.567 bits per heavy atom. The van der Waals surface area contributed by atoms with Gasteiger partial charge in [-0.3, -0.25) is 0 Å². The first kappa shape index (κ1) is 18.1. The Bertz CT molecular complexity index is 1040. The monoisotopic (exact) mass is 421 g/mol. The van der Waals surface area contributed by atoms with Gasteiger partial charge >= 0.3 is 176 Å². The number of nitrogens with one attached hydrogen (secondary N) is 1. The Morgan fingerprint density at radius 3 is 1.53 bits per heavy atom. The van der Waals surface area contributed by atoms with E-state index in [9.17, 15) is 0 Å². The van der Waals surface area contributed by atoms with Gasteiger partial charge in [0.2, 0.25) is 0 Å². The van der Waals surface area contributed by atoms with Crippen LogP contribution in [-0.2, 0) is 0 Å². The Morgan fingerprint density at radius 2 is 1.00 bits per heavy atom. The van der Waals surface area contributed by atoms with E-state index < -0.39 is 7.66 Å². The number of hydrogen-bond acceptors (Lipinski definition) is 5. The van der Waals surface area contributed by atoms with E-state index in [1.807, 2.05) is 72.8 Å². The predicted octanol–water partition coefficient (Wildman–Crippen LogP) is 6.65. The topological polar surface area (TPSA) is 49.0 Å². The van der Waals surface area contributed by atoms with Crippen LogP contribution >= 0.6 is 7.66 Å². The van der Waals surface area contributed by atoms with Gasteiger partial charge in [-0.1, -0.05) is 0 Å². The standard InChI is InChI=1S/C24H24NO4P/c1-2-10-18(11-3-1)25-30(28-23-16-8-9-17-24(23)29-30)26-21-14-6-4-12-19(21)20-13-5-7-15-22(20)27-30/h4-9,12-18,25H,1-3,10-11H2. The van der Waals surface area contributed by atoms with Crippen LogP contribution in [0.3, 0.4) is 0 Å². The van der Waals surface area contributed by atoms with Crippen LogP contribution in [0.15, 0.2) is 72.8 Å². The minimum absolute atomic E-state index is 0.197. The molecule has 3 aromatic carbocycles. The fourth-order valence-corrected chi connectivity index (χ4v) is 7.83. The number of para-hydroxylation sites is 4. The Labute approximate surface area is 176 Å². The molecule has 0 atom stereocenters. The number of hydrogen-bond donors (Lipinski definition) is 1. The van der Waals surface area contributed by atoms with E-state index in [2.05, 4.69) is 5.09 Å². The van der Waals surface area contributed by atoms with Gasteiger partial charge in [-0.25, -0.2) is 0 Å². The molecule has 0 amide bonds. The maximum absolute atomic E-state index is 6.71. The van der Waals surface area contributed by atoms with Crippen molar-refractivity contribution in [3.05, 3.63) is 72.8 Å². The molecule has 2 heterocycles. The van der Waals surface area contributed by atoms with Crippen LogP contribution in [0.2, 0.25) is 0 Å². The van der Waals surface area contributed by atoms with Crippen molar-refractivity contribution in [3.63, 3.8) is 0 Å². The van der Waals surface area contributed by atoms with E-state index in [4.69, 9.17) is 18.1 Å². The summed E-state index contributed by atoms with van der Waals surface area (Å²) < 4.78 is 26.6. The van der Waals surface area contributed by atoms with Crippen LogP contribution in [0.1, 0.15) is 32.1 Å². The second-order valence-electron chi connectivity index (χ2n) is 8.08. The van der Waals surface area contributed by atoms with E-state index in [0.717, 1.165) is 24.0 Å². The maximum atomic E-state index is 6.71. The Balaban J connectivity index is 1.55. The quantitative estimate of drug-likeness (QED) is 0.470. The molecular weight excluding hydrogens is 397 g/mol. The zero-order valence-corrected chi connectivity index (χ0v) is 17.5. The van der Waals surface area contributed by atoms with Gasteiger partial charge in [0.1, 0.15) is 0 Å². The normalized spacial score (nSPS) is 21.8. The molecule has 0 aromatic heterocycles. The van der Waals surface area contributed by atoms with Gasteiger partial charge in [-0.2, -0.15) is 0 Å². The molecule has 2 aliphatic heterocycles. The predicted molar refractivity (Wildman–Crippen MR) is 118 cm³/mol. The van der Waals surface area contributed by atoms with Crippen molar-refractivity contribution in [2.75, 3.05) is 0 Å². The molecule has 0 unspecified atom stereocenters. The van der Waals surface area contributed by atoms with Crippen molar-refractivity contribution in [1.29, 1.82) is 0 Å². The number of rotatable bonds is 2. The van der Waals surface area contributed by atoms with Crippen LogP contribution in [0.5, 0.6) is 23.0 Å². The third kappa shape index (κ3) is 2.84. The molecule has 6 rings (SSSR count). The molecule has 1 fully saturated rings. The van der Waals surface area contributed by atoms with E-state index in [1.54, 1.807) is 0 Å². The molecule has 30 heavy (non-hydrogen) atoms. The summed E-state index contributed by atoms with van der Waals surface area (Å²) in [6.45, 7) is 0. The molecule has 6 heteroatoms. The SMILES string of the molecule is c1ccc2c(c1)OP1(NC3CCCCC3)(O2)Oc2ccccc2-c2ccccc2O1. The van der Waals surface area contributed by atoms with Crippen LogP contribution in [0.4, 0.5) is 0 Å². The summed E-state index contributed by atoms with van der Waals surface area (Å²) in [5.74, 6) is 2.65. The summed E-state index contributed by atoms with van der Waals surface area (Å²) in [4.78, 5) is 0. The molecule has 154 valence electrons. The van der Waals surface area contributed by atoms with Crippen molar-refractivity contribution in [3.8, 4) is 34.1 Å². The van der Waals surface area contributed by atoms with Gasteiger partial charge < -0.3 is 0 Å². The summed E-state index contributed by atoms with van der Waals surface area (Å²) in [6, 6.07) is 23.8. The van der Waals surface area contributed by atoms with Crippen molar-refractivity contribution in [1.82, 2.24) is 5.09 Å². The molecule has 1 saturated carbocycles. The first-order chi connectivity index (χ1) is 14.7. The van der Waals surface area contributed by atoms with E-state index in [0.29, 0.717) is 23.0 Å². The summed E-state index contributed by atoms with van der Waals surface area (Å²) in [6.07, 6.45) is 5.67. The van der Waals surface area contributed by atoms with Crippen LogP contribution in [0.25, 0.3) is 11.1 Å². The average Bonchev–Trinajstić information content (AvgIpc) is 3.02. The van der Waals surface area contributed by atoms with Crippen molar-refractivity contribution in [2.24, 2.45) is 0 Å². The average molecular weight is 421 g/mol. The molecule has 1 spiro atoms. The Hall–Kier alpha value is -2.75. The Kier molecular flexibility index (Phi) is 3.99. The van der Waals surface area contributed by atoms with Gasteiger partial charge in [0.25, 0.3) is 0 Å². The first-order valence-electron chi connectivity index (χ1n) is 10.6. The van der Waals surface area contributed by atoms with Crippen molar-refractivity contribution >= 4 is 7.66 Å². The number of benzene rings is 3. The summed E-state index contributed by atoms with van der Waals surface area (Å²) >= 11 is 0. The third-order valence-corrected chi connectivity index (χ3v) is 8.77. The van der Waals surface area contributed by atoms with Crippen LogP contribution in [-0.4, -0.2) is 6.04 Å². The fraction of sp³-hybridized carbons (Fsp3) is 0.250. The second kappa shape index (κ2) is 6.63. The minimum atomic E-state index is -4.27. The molecule has 0 saturated heterocycles. The number of fused-ring (bicyclic) bond motifs is 4. The van der Waals surface area contributed by atoms with Crippen molar-refractivity contribution < 1.29 is 18.1 Å². The second-order valence-corrected chi connectivity index (χ2v) is 10.7. The van der Waals surface area contributed by atoms with E-state index >= 15 is 0 Å². The molecule has 3 aromatic rings. The molecule has 0 radical (unpaired) electrons. The fourth-order valence-electron chi connectivity index (χ4n) is 4.56. The van der Waals surface area contributed by atoms with Gasteiger partial charge in [-0.05, 0) is 0 Å². The van der Waals surface area contributed by atoms with Gasteiger partial charge in [0, 0.05) is 0 Å². The summed E-state index contributed by atoms with van der Waals surface area (Å²) in [7, 11) is -4.27. The zero-order chi connectivity index (χ0) is 20.0. The van der Waals surface area contributed by atoms with Gasteiger partial charge in [0.15, 0.2) is 0 Å². The molecular formula is C24H24NO4P. The van der Waals surface area contributed by atoms with Gasteiger partial charge in [0.05, 0.1) is 0 Å². The summed E-state index contributed by atoms with van der Waals surface area (Å²) in [5, 5.41) is 3.66. The van der Waals surface area contributed by atoms with E-state index in [-0.39, 0.29) is 6.04 Å². The zero-order valence-electron chi connectivity index (χ0n) is 16.6. The molecule has 0 bridgehead atoms. The molecule has 5 nitrogen and oxygen atoms in total. The van der Waals surface area contributed by atoms with Crippen LogP contribution in [0, 0.1) is 0 Å². The van der Waals surface area contributed by atoms with Gasteiger partial charge in [-0.15, -0.1) is 0 Å². The first-order valence-corrected chi connectivity index (χ1v) is 12.5. The molecule has 3 aliphatic rings. The summed E-state index contributed by atoms with van der Waals surface area (Å²) in [5.41, 5.74) is 1.92. The van der Waals surface area contributed by atoms with Crippen LogP contribution < -0.4 is 23.2 Å².